The third-order valence-electron chi connectivity index (χ3n) is 7.03. The second kappa shape index (κ2) is 12.8. The largest absolute Gasteiger partial charge is 0.467 e. The van der Waals surface area contributed by atoms with Crippen LogP contribution in [0.15, 0.2) is 53.5 Å². The average Bonchev–Trinajstić information content (AvgIpc) is 2.96. The van der Waals surface area contributed by atoms with Gasteiger partial charge in [0, 0.05) is 42.4 Å². The molecule has 2 atom stereocenters. The SMILES string of the molecule is CC[C@@H](Nc1cc(F)c(C(=O)N[C@@H](Cc2ccc(-c3nn(C)c(=O)cc3C)c3ncccc23)C(=O)OC)c(F)c1)C(F)(F)F. The van der Waals surface area contributed by atoms with Crippen molar-refractivity contribution in [3.63, 3.8) is 0 Å². The van der Waals surface area contributed by atoms with E-state index in [-0.39, 0.29) is 12.0 Å². The fourth-order valence-electron chi connectivity index (χ4n) is 4.77. The van der Waals surface area contributed by atoms with Crippen molar-refractivity contribution in [2.45, 2.75) is 44.9 Å². The minimum atomic E-state index is -4.67. The number of amides is 1. The predicted molar refractivity (Wildman–Crippen MR) is 152 cm³/mol. The van der Waals surface area contributed by atoms with Crippen LogP contribution in [0.2, 0.25) is 0 Å². The topological polar surface area (TPSA) is 115 Å². The summed E-state index contributed by atoms with van der Waals surface area (Å²) in [5.41, 5.74) is 0.847. The molecule has 0 aliphatic rings. The molecule has 0 fully saturated rings. The van der Waals surface area contributed by atoms with Crippen molar-refractivity contribution in [2.75, 3.05) is 12.4 Å². The lowest BCUT2D eigenvalue weighted by molar-refractivity contribution is -0.143. The maximum atomic E-state index is 14.9. The number of rotatable bonds is 9. The van der Waals surface area contributed by atoms with E-state index >= 15 is 0 Å². The number of esters is 1. The quantitative estimate of drug-likeness (QED) is 0.204. The van der Waals surface area contributed by atoms with Crippen LogP contribution in [0.5, 0.6) is 0 Å². The molecule has 232 valence electrons. The number of carbonyl (C=O) groups excluding carboxylic acids is 2. The Morgan fingerprint density at radius 2 is 1.77 bits per heavy atom. The third kappa shape index (κ3) is 6.68. The molecule has 9 nitrogen and oxygen atoms in total. The molecule has 0 aliphatic heterocycles. The van der Waals surface area contributed by atoms with Gasteiger partial charge in [-0.05, 0) is 42.7 Å². The highest BCUT2D eigenvalue weighted by atomic mass is 19.4. The van der Waals surface area contributed by atoms with Crippen LogP contribution in [-0.2, 0) is 23.0 Å². The maximum absolute atomic E-state index is 14.9. The number of nitrogens with zero attached hydrogens (tertiary/aromatic N) is 3. The highest BCUT2D eigenvalue weighted by Crippen LogP contribution is 2.31. The standard InChI is InChI=1S/C30H28F5N5O4/c1-5-23(30(33,34)35)37-17-13-20(31)25(21(32)14-17)28(42)38-22(29(43)44-4)12-16-8-9-19(27-18(16)7-6-10-36-27)26-15(2)11-24(41)40(3)39-26/h6-11,13-14,22-23,37H,5,12H2,1-4H3,(H,38,42)/t22-,23+/m0/s1. The first-order chi connectivity index (χ1) is 20.7. The number of halogens is 5. The van der Waals surface area contributed by atoms with Gasteiger partial charge in [-0.2, -0.15) is 18.3 Å². The van der Waals surface area contributed by atoms with Gasteiger partial charge in [0.15, 0.2) is 0 Å². The molecular weight excluding hydrogens is 589 g/mol. The summed E-state index contributed by atoms with van der Waals surface area (Å²) in [7, 11) is 2.59. The molecule has 2 aromatic carbocycles. The number of aryl methyl sites for hydroxylation is 2. The van der Waals surface area contributed by atoms with Crippen LogP contribution in [0, 0.1) is 18.6 Å². The van der Waals surface area contributed by atoms with Crippen molar-refractivity contribution >= 4 is 28.5 Å². The van der Waals surface area contributed by atoms with Crippen molar-refractivity contribution in [2.24, 2.45) is 7.05 Å². The molecule has 1 amide bonds. The van der Waals surface area contributed by atoms with E-state index in [2.05, 4.69) is 15.4 Å². The van der Waals surface area contributed by atoms with Gasteiger partial charge in [0.2, 0.25) is 0 Å². The van der Waals surface area contributed by atoms with Gasteiger partial charge in [0.05, 0.1) is 18.3 Å². The molecule has 0 saturated heterocycles. The Labute approximate surface area is 248 Å². The van der Waals surface area contributed by atoms with Crippen molar-refractivity contribution in [1.82, 2.24) is 20.1 Å². The Bertz CT molecular complexity index is 1770. The fraction of sp³-hybridized carbons (Fsp3) is 0.300. The molecule has 0 saturated carbocycles. The van der Waals surface area contributed by atoms with Crippen molar-refractivity contribution < 1.29 is 36.3 Å². The summed E-state index contributed by atoms with van der Waals surface area (Å²) >= 11 is 0. The minimum Gasteiger partial charge on any atom is -0.467 e. The zero-order chi connectivity index (χ0) is 32.3. The molecule has 0 aliphatic carbocycles. The van der Waals surface area contributed by atoms with Crippen LogP contribution in [0.4, 0.5) is 27.6 Å². The molecule has 0 bridgehead atoms. The van der Waals surface area contributed by atoms with Gasteiger partial charge in [-0.3, -0.25) is 14.6 Å². The van der Waals surface area contributed by atoms with Gasteiger partial charge in [-0.25, -0.2) is 18.3 Å². The summed E-state index contributed by atoms with van der Waals surface area (Å²) in [5, 5.41) is 9.23. The van der Waals surface area contributed by atoms with Gasteiger partial charge in [0.25, 0.3) is 11.5 Å². The Morgan fingerprint density at radius 3 is 2.39 bits per heavy atom. The molecule has 0 radical (unpaired) electrons. The molecule has 4 aromatic rings. The number of hydrogen-bond acceptors (Lipinski definition) is 7. The highest BCUT2D eigenvalue weighted by Gasteiger charge is 2.38. The van der Waals surface area contributed by atoms with E-state index < -0.39 is 59.4 Å². The van der Waals surface area contributed by atoms with Gasteiger partial charge in [-0.1, -0.05) is 25.1 Å². The Morgan fingerprint density at radius 1 is 1.09 bits per heavy atom. The second-order valence-corrected chi connectivity index (χ2v) is 10.0. The van der Waals surface area contributed by atoms with Gasteiger partial charge in [-0.15, -0.1) is 0 Å². The zero-order valence-electron chi connectivity index (χ0n) is 24.1. The summed E-state index contributed by atoms with van der Waals surface area (Å²) in [4.78, 5) is 42.2. The van der Waals surface area contributed by atoms with Crippen LogP contribution in [0.3, 0.4) is 0 Å². The number of alkyl halides is 3. The monoisotopic (exact) mass is 617 g/mol. The first kappa shape index (κ1) is 32.0. The normalized spacial score (nSPS) is 12.9. The molecule has 0 unspecified atom stereocenters. The Kier molecular flexibility index (Phi) is 9.30. The van der Waals surface area contributed by atoms with Gasteiger partial charge >= 0.3 is 12.1 Å². The van der Waals surface area contributed by atoms with Crippen LogP contribution >= 0.6 is 0 Å². The average molecular weight is 618 g/mol. The molecule has 4 rings (SSSR count). The lowest BCUT2D eigenvalue weighted by Gasteiger charge is -2.22. The summed E-state index contributed by atoms with van der Waals surface area (Å²) < 4.78 is 75.2. The second-order valence-electron chi connectivity index (χ2n) is 10.0. The minimum absolute atomic E-state index is 0.173. The van der Waals surface area contributed by atoms with E-state index in [0.29, 0.717) is 45.4 Å². The number of ether oxygens (including phenoxy) is 1. The number of hydrogen-bond donors (Lipinski definition) is 2. The number of pyridine rings is 1. The van der Waals surface area contributed by atoms with Crippen molar-refractivity contribution in [1.29, 1.82) is 0 Å². The first-order valence-corrected chi connectivity index (χ1v) is 13.4. The molecule has 14 heteroatoms. The summed E-state index contributed by atoms with van der Waals surface area (Å²) in [6, 6.07) is 5.86. The lowest BCUT2D eigenvalue weighted by Crippen LogP contribution is -2.43. The van der Waals surface area contributed by atoms with Gasteiger partial charge < -0.3 is 15.4 Å². The van der Waals surface area contributed by atoms with Crippen LogP contribution < -0.4 is 16.2 Å². The van der Waals surface area contributed by atoms with E-state index in [0.717, 1.165) is 7.11 Å². The van der Waals surface area contributed by atoms with Gasteiger partial charge in [0.1, 0.15) is 29.3 Å². The predicted octanol–water partition coefficient (Wildman–Crippen LogP) is 4.85. The number of nitrogens with one attached hydrogen (secondary N) is 2. The number of benzene rings is 2. The van der Waals surface area contributed by atoms with E-state index in [9.17, 15) is 36.3 Å². The molecule has 44 heavy (non-hydrogen) atoms. The third-order valence-corrected chi connectivity index (χ3v) is 7.03. The summed E-state index contributed by atoms with van der Waals surface area (Å²) in [6.07, 6.45) is -3.69. The van der Waals surface area contributed by atoms with Crippen molar-refractivity contribution in [3.05, 3.63) is 87.3 Å². The van der Waals surface area contributed by atoms with Crippen LogP contribution in [0.25, 0.3) is 22.2 Å². The van der Waals surface area contributed by atoms with E-state index in [1.54, 1.807) is 37.4 Å². The molecule has 0 spiro atoms. The van der Waals surface area contributed by atoms with E-state index in [1.165, 1.54) is 24.7 Å². The first-order valence-electron chi connectivity index (χ1n) is 13.4. The molecular formula is C30H28F5N5O4. The molecule has 2 heterocycles. The summed E-state index contributed by atoms with van der Waals surface area (Å²) in [6.45, 7) is 2.98. The number of aromatic nitrogens is 3. The smallest absolute Gasteiger partial charge is 0.408 e. The number of carbonyl (C=O) groups is 2. The Balaban J connectivity index is 1.66. The van der Waals surface area contributed by atoms with Crippen LogP contribution in [-0.4, -0.2) is 52.0 Å². The highest BCUT2D eigenvalue weighted by molar-refractivity contribution is 5.98. The number of fused-ring (bicyclic) bond motifs is 1. The molecule has 2 N–H and O–H groups in total. The fourth-order valence-corrected chi connectivity index (χ4v) is 4.77. The van der Waals surface area contributed by atoms with E-state index in [1.807, 2.05) is 5.32 Å². The lowest BCUT2D eigenvalue weighted by atomic mass is 9.96. The van der Waals surface area contributed by atoms with Crippen molar-refractivity contribution in [3.8, 4) is 11.3 Å². The Hall–Kier alpha value is -4.88. The maximum Gasteiger partial charge on any atom is 0.408 e. The summed E-state index contributed by atoms with van der Waals surface area (Å²) in [5.74, 6) is -5.08. The molecule has 2 aromatic heterocycles. The van der Waals surface area contributed by atoms with Crippen LogP contribution in [0.1, 0.15) is 34.8 Å². The zero-order valence-corrected chi connectivity index (χ0v) is 24.1. The van der Waals surface area contributed by atoms with E-state index in [4.69, 9.17) is 4.74 Å². The number of anilines is 1. The number of methoxy groups -OCH3 is 1.